The predicted octanol–water partition coefficient (Wildman–Crippen LogP) is 0.212. The number of carbonyl (C=O) groups excluding carboxylic acids is 4. The first-order valence-electron chi connectivity index (χ1n) is 12.1. The van der Waals surface area contributed by atoms with Crippen molar-refractivity contribution in [1.29, 1.82) is 5.26 Å². The van der Waals surface area contributed by atoms with E-state index in [1.54, 1.807) is 30.3 Å². The highest BCUT2D eigenvalue weighted by Crippen LogP contribution is 2.35. The van der Waals surface area contributed by atoms with Crippen LogP contribution in [0.2, 0.25) is 0 Å². The zero-order valence-corrected chi connectivity index (χ0v) is 22.4. The normalized spacial score (nSPS) is 21.9. The molecule has 1 aromatic carbocycles. The molecule has 2 N–H and O–H groups in total. The van der Waals surface area contributed by atoms with Crippen LogP contribution in [0.15, 0.2) is 33.9 Å². The van der Waals surface area contributed by atoms with Gasteiger partial charge in [-0.2, -0.15) is 5.26 Å². The number of rotatable bonds is 7. The third kappa shape index (κ3) is 6.62. The molecule has 0 unspecified atom stereocenters. The molecule has 0 spiro atoms. The second-order valence-electron chi connectivity index (χ2n) is 9.07. The van der Waals surface area contributed by atoms with Crippen LogP contribution in [0.25, 0.3) is 11.3 Å². The minimum absolute atomic E-state index is 0.143. The number of aromatic amines is 1. The van der Waals surface area contributed by atoms with E-state index in [2.05, 4.69) is 10.3 Å². The number of nitrogens with one attached hydrogen (secondary N) is 2. The summed E-state index contributed by atoms with van der Waals surface area (Å²) < 4.78 is 23.0. The zero-order valence-electron chi connectivity index (χ0n) is 22.4. The number of hydrogen-bond donors (Lipinski definition) is 2. The van der Waals surface area contributed by atoms with Crippen molar-refractivity contribution in [3.8, 4) is 17.3 Å². The summed E-state index contributed by atoms with van der Waals surface area (Å²) in [6.07, 6.45) is -5.74. The number of ether oxygens (including phenoxy) is 4. The van der Waals surface area contributed by atoms with E-state index in [1.807, 2.05) is 6.92 Å². The van der Waals surface area contributed by atoms with Crippen LogP contribution >= 0.6 is 0 Å². The zero-order chi connectivity index (χ0) is 29.7. The van der Waals surface area contributed by atoms with Crippen molar-refractivity contribution >= 4 is 23.8 Å². The third-order valence-corrected chi connectivity index (χ3v) is 5.93. The van der Waals surface area contributed by atoms with Crippen molar-refractivity contribution in [2.24, 2.45) is 0 Å². The van der Waals surface area contributed by atoms with E-state index in [9.17, 15) is 34.0 Å². The molecule has 2 heterocycles. The average Bonchev–Trinajstić information content (AvgIpc) is 2.85. The molecule has 5 atom stereocenters. The summed E-state index contributed by atoms with van der Waals surface area (Å²) in [5, 5.41) is 12.4. The van der Waals surface area contributed by atoms with Gasteiger partial charge in [0.15, 0.2) is 18.4 Å². The van der Waals surface area contributed by atoms with Gasteiger partial charge in [0.1, 0.15) is 30.4 Å². The fraction of sp³-hybridized carbons (Fsp3) is 0.423. The Morgan fingerprint density at radius 2 is 1.60 bits per heavy atom. The Morgan fingerprint density at radius 3 is 2.12 bits per heavy atom. The van der Waals surface area contributed by atoms with Gasteiger partial charge in [0.2, 0.25) is 5.91 Å². The number of benzene rings is 1. The van der Waals surface area contributed by atoms with E-state index in [0.717, 1.165) is 37.8 Å². The number of hydrogen-bond acceptors (Lipinski definition) is 11. The number of aromatic nitrogens is 2. The van der Waals surface area contributed by atoms with Crippen molar-refractivity contribution in [3.63, 3.8) is 0 Å². The lowest BCUT2D eigenvalue weighted by Gasteiger charge is -2.46. The summed E-state index contributed by atoms with van der Waals surface area (Å²) in [6.45, 7) is 5.77. The van der Waals surface area contributed by atoms with E-state index >= 15 is 0 Å². The lowest BCUT2D eigenvalue weighted by molar-refractivity contribution is -0.237. The van der Waals surface area contributed by atoms with E-state index < -0.39 is 77.8 Å². The molecule has 1 aliphatic heterocycles. The number of esters is 3. The van der Waals surface area contributed by atoms with Crippen LogP contribution in [0.5, 0.6) is 0 Å². The number of nitriles is 1. The van der Waals surface area contributed by atoms with Gasteiger partial charge < -0.3 is 24.3 Å². The summed E-state index contributed by atoms with van der Waals surface area (Å²) in [6, 6.07) is 6.96. The SMILES string of the molecule is CC(=O)N[C@@H]1[C@@H](OC(C)=O)[C@H](OC(C)=O)[C@@H](COC(C)=O)O[C@H]1n1c(-c2ccc(C)cc2)c(C#N)c(=O)[nH]c1=O. The molecule has 0 bridgehead atoms. The molecule has 2 aromatic rings. The topological polar surface area (TPSA) is 196 Å². The van der Waals surface area contributed by atoms with Gasteiger partial charge in [0, 0.05) is 27.7 Å². The summed E-state index contributed by atoms with van der Waals surface area (Å²) in [4.78, 5) is 76.2. The third-order valence-electron chi connectivity index (χ3n) is 5.93. The van der Waals surface area contributed by atoms with E-state index in [-0.39, 0.29) is 5.69 Å². The molecule has 3 rings (SSSR count). The summed E-state index contributed by atoms with van der Waals surface area (Å²) in [5.74, 6) is -2.96. The van der Waals surface area contributed by atoms with Crippen molar-refractivity contribution in [2.45, 2.75) is 65.2 Å². The van der Waals surface area contributed by atoms with Crippen LogP contribution in [0.4, 0.5) is 0 Å². The summed E-state index contributed by atoms with van der Waals surface area (Å²) in [7, 11) is 0. The number of H-pyrrole nitrogens is 1. The van der Waals surface area contributed by atoms with Gasteiger partial charge in [-0.25, -0.2) is 4.79 Å². The van der Waals surface area contributed by atoms with Crippen LogP contribution in [0, 0.1) is 18.3 Å². The Kier molecular flexibility index (Phi) is 9.23. The second kappa shape index (κ2) is 12.4. The molecule has 212 valence electrons. The van der Waals surface area contributed by atoms with Crippen LogP contribution in [0.3, 0.4) is 0 Å². The highest BCUT2D eigenvalue weighted by atomic mass is 16.6. The molecule has 1 amide bonds. The summed E-state index contributed by atoms with van der Waals surface area (Å²) >= 11 is 0. The van der Waals surface area contributed by atoms with Gasteiger partial charge >= 0.3 is 23.6 Å². The standard InChI is InChI=1S/C26H28N4O10/c1-12-6-8-17(9-7-12)21-18(10-27)24(35)29-26(36)30(21)25-20(28-13(2)31)23(39-16(5)34)22(38-15(4)33)19(40-25)11-37-14(3)32/h6-9,19-20,22-23,25H,11H2,1-5H3,(H,28,31)(H,29,35,36)/t19-,20-,22-,23-,25-/m1/s1. The molecule has 0 saturated carbocycles. The highest BCUT2D eigenvalue weighted by molar-refractivity contribution is 5.74. The van der Waals surface area contributed by atoms with Gasteiger partial charge in [-0.1, -0.05) is 29.8 Å². The number of nitrogens with zero attached hydrogens (tertiary/aromatic N) is 2. The smallest absolute Gasteiger partial charge is 0.331 e. The molecule has 14 heteroatoms. The lowest BCUT2D eigenvalue weighted by atomic mass is 9.94. The van der Waals surface area contributed by atoms with Crippen LogP contribution in [-0.4, -0.2) is 64.3 Å². The maximum Gasteiger partial charge on any atom is 0.331 e. The summed E-state index contributed by atoms with van der Waals surface area (Å²) in [5.41, 5.74) is -1.41. The molecule has 1 aromatic heterocycles. The molecular formula is C26H28N4O10. The lowest BCUT2D eigenvalue weighted by Crippen LogP contribution is -2.65. The van der Waals surface area contributed by atoms with Crippen LogP contribution < -0.4 is 16.6 Å². The average molecular weight is 557 g/mol. The van der Waals surface area contributed by atoms with Gasteiger partial charge in [-0.15, -0.1) is 0 Å². The van der Waals surface area contributed by atoms with Crippen molar-refractivity contribution < 1.29 is 38.1 Å². The van der Waals surface area contributed by atoms with Gasteiger partial charge in [0.05, 0.1) is 5.69 Å². The first kappa shape index (κ1) is 29.8. The van der Waals surface area contributed by atoms with Gasteiger partial charge in [-0.3, -0.25) is 33.5 Å². The fourth-order valence-electron chi connectivity index (χ4n) is 4.42. The Balaban J connectivity index is 2.36. The van der Waals surface area contributed by atoms with Gasteiger partial charge in [0.25, 0.3) is 5.56 Å². The second-order valence-corrected chi connectivity index (χ2v) is 9.07. The van der Waals surface area contributed by atoms with E-state index in [0.29, 0.717) is 5.56 Å². The molecule has 0 aliphatic carbocycles. The minimum Gasteiger partial charge on any atom is -0.463 e. The molecule has 1 fully saturated rings. The van der Waals surface area contributed by atoms with Crippen LogP contribution in [-0.2, 0) is 38.1 Å². The number of aryl methyl sites for hydroxylation is 1. The maximum atomic E-state index is 13.4. The van der Waals surface area contributed by atoms with Crippen LogP contribution in [0.1, 0.15) is 45.0 Å². The Morgan fingerprint density at radius 1 is 1.00 bits per heavy atom. The molecule has 14 nitrogen and oxygen atoms in total. The largest absolute Gasteiger partial charge is 0.463 e. The molecule has 1 aliphatic rings. The molecule has 1 saturated heterocycles. The maximum absolute atomic E-state index is 13.4. The monoisotopic (exact) mass is 556 g/mol. The van der Waals surface area contributed by atoms with Gasteiger partial charge in [-0.05, 0) is 12.5 Å². The quantitative estimate of drug-likeness (QED) is 0.349. The highest BCUT2D eigenvalue weighted by Gasteiger charge is 2.52. The molecule has 40 heavy (non-hydrogen) atoms. The van der Waals surface area contributed by atoms with Crippen molar-refractivity contribution in [1.82, 2.24) is 14.9 Å². The Labute approximate surface area is 227 Å². The van der Waals surface area contributed by atoms with Crippen molar-refractivity contribution in [3.05, 3.63) is 56.2 Å². The number of carbonyl (C=O) groups is 4. The molecule has 0 radical (unpaired) electrons. The fourth-order valence-corrected chi connectivity index (χ4v) is 4.42. The first-order valence-corrected chi connectivity index (χ1v) is 12.1. The van der Waals surface area contributed by atoms with Crippen molar-refractivity contribution in [2.75, 3.05) is 6.61 Å². The number of amides is 1. The van der Waals surface area contributed by atoms with E-state index in [4.69, 9.17) is 18.9 Å². The Hall–Kier alpha value is -4.77. The minimum atomic E-state index is -1.56. The van der Waals surface area contributed by atoms with E-state index in [1.165, 1.54) is 0 Å². The molecular weight excluding hydrogens is 528 g/mol. The Bertz CT molecular complexity index is 1470. The predicted molar refractivity (Wildman–Crippen MR) is 135 cm³/mol. The first-order chi connectivity index (χ1) is 18.8.